The highest BCUT2D eigenvalue weighted by atomic mass is 79.9. The molecule has 0 fully saturated rings. The first-order valence-corrected chi connectivity index (χ1v) is 8.12. The number of hydrogen-bond donors (Lipinski definition) is 2. The third-order valence-corrected chi connectivity index (χ3v) is 4.54. The van der Waals surface area contributed by atoms with E-state index in [0.29, 0.717) is 6.54 Å². The molecule has 2 unspecified atom stereocenters. The van der Waals surface area contributed by atoms with Gasteiger partial charge in [-0.2, -0.15) is 0 Å². The van der Waals surface area contributed by atoms with E-state index in [4.69, 9.17) is 10.5 Å². The maximum Gasteiger partial charge on any atom is 0.133 e. The second kappa shape index (κ2) is 7.40. The first-order chi connectivity index (χ1) is 10.1. The number of hydrogen-bond acceptors (Lipinski definition) is 3. The van der Waals surface area contributed by atoms with Crippen molar-refractivity contribution in [3.8, 4) is 5.75 Å². The summed E-state index contributed by atoms with van der Waals surface area (Å²) >= 11 is 6.89. The molecule has 0 heterocycles. The van der Waals surface area contributed by atoms with E-state index in [0.717, 1.165) is 25.8 Å². The van der Waals surface area contributed by atoms with Crippen molar-refractivity contribution in [1.82, 2.24) is 0 Å². The average molecular weight is 415 g/mol. The zero-order valence-electron chi connectivity index (χ0n) is 11.6. The number of nitrogens with two attached hydrogens (primary N) is 1. The molecule has 0 amide bonds. The van der Waals surface area contributed by atoms with Crippen LogP contribution in [0.25, 0.3) is 0 Å². The van der Waals surface area contributed by atoms with E-state index in [1.807, 2.05) is 42.5 Å². The summed E-state index contributed by atoms with van der Waals surface area (Å²) in [5.41, 5.74) is 7.69. The van der Waals surface area contributed by atoms with Crippen LogP contribution in [0.3, 0.4) is 0 Å². The van der Waals surface area contributed by atoms with Crippen LogP contribution >= 0.6 is 31.9 Å². The first-order valence-electron chi connectivity index (χ1n) is 6.54. The molecule has 0 bridgehead atoms. The lowest BCUT2D eigenvalue weighted by Gasteiger charge is -2.23. The van der Waals surface area contributed by atoms with E-state index in [2.05, 4.69) is 31.9 Å². The molecule has 0 spiro atoms. The zero-order chi connectivity index (χ0) is 15.4. The number of benzene rings is 2. The molecule has 2 aromatic rings. The molecule has 112 valence electrons. The summed E-state index contributed by atoms with van der Waals surface area (Å²) < 4.78 is 6.99. The minimum Gasteiger partial charge on any atom is -0.496 e. The smallest absolute Gasteiger partial charge is 0.133 e. The molecule has 0 aliphatic carbocycles. The summed E-state index contributed by atoms with van der Waals surface area (Å²) in [5, 5.41) is 10.7. The van der Waals surface area contributed by atoms with E-state index in [-0.39, 0.29) is 5.92 Å². The summed E-state index contributed by atoms with van der Waals surface area (Å²) in [7, 11) is 1.61. The van der Waals surface area contributed by atoms with Crippen LogP contribution in [0.15, 0.2) is 51.4 Å². The molecule has 21 heavy (non-hydrogen) atoms. The van der Waals surface area contributed by atoms with Crippen molar-refractivity contribution in [2.45, 2.75) is 12.0 Å². The maximum atomic E-state index is 10.7. The molecule has 0 aliphatic rings. The van der Waals surface area contributed by atoms with Crippen molar-refractivity contribution in [2.75, 3.05) is 13.7 Å². The Hall–Kier alpha value is -0.880. The standard InChI is InChI=1S/C16H17Br2NO2/c1-21-15-6-5-11(8-14(15)18)16(20)13(9-19)10-3-2-4-12(17)7-10/h2-8,13,16,20H,9,19H2,1H3. The van der Waals surface area contributed by atoms with Crippen molar-refractivity contribution in [2.24, 2.45) is 5.73 Å². The second-order valence-electron chi connectivity index (χ2n) is 4.74. The Morgan fingerprint density at radius 3 is 2.48 bits per heavy atom. The molecule has 0 saturated carbocycles. The monoisotopic (exact) mass is 413 g/mol. The minimum atomic E-state index is -0.675. The largest absolute Gasteiger partial charge is 0.496 e. The molecule has 0 radical (unpaired) electrons. The van der Waals surface area contributed by atoms with Crippen molar-refractivity contribution < 1.29 is 9.84 Å². The maximum absolute atomic E-state index is 10.7. The number of halogens is 2. The molecule has 5 heteroatoms. The number of aliphatic hydroxyl groups excluding tert-OH is 1. The van der Waals surface area contributed by atoms with Gasteiger partial charge >= 0.3 is 0 Å². The van der Waals surface area contributed by atoms with E-state index < -0.39 is 6.10 Å². The van der Waals surface area contributed by atoms with Gasteiger partial charge in [0.1, 0.15) is 5.75 Å². The highest BCUT2D eigenvalue weighted by molar-refractivity contribution is 9.10. The Kier molecular flexibility index (Phi) is 5.81. The van der Waals surface area contributed by atoms with Crippen LogP contribution in [0.1, 0.15) is 23.1 Å². The molecule has 0 saturated heterocycles. The van der Waals surface area contributed by atoms with Crippen LogP contribution in [0.4, 0.5) is 0 Å². The van der Waals surface area contributed by atoms with Gasteiger partial charge in [0, 0.05) is 16.9 Å². The minimum absolute atomic E-state index is 0.164. The van der Waals surface area contributed by atoms with Crippen LogP contribution < -0.4 is 10.5 Å². The summed E-state index contributed by atoms with van der Waals surface area (Å²) in [4.78, 5) is 0. The van der Waals surface area contributed by atoms with Crippen molar-refractivity contribution >= 4 is 31.9 Å². The third kappa shape index (κ3) is 3.86. The first kappa shape index (κ1) is 16.5. The fourth-order valence-corrected chi connectivity index (χ4v) is 3.26. The van der Waals surface area contributed by atoms with Crippen molar-refractivity contribution in [3.05, 3.63) is 62.5 Å². The average Bonchev–Trinajstić information content (AvgIpc) is 2.48. The molecule has 0 aliphatic heterocycles. The molecule has 2 aromatic carbocycles. The van der Waals surface area contributed by atoms with Gasteiger partial charge in [0.15, 0.2) is 0 Å². The Labute approximate surface area is 141 Å². The molecule has 3 N–H and O–H groups in total. The lowest BCUT2D eigenvalue weighted by atomic mass is 9.89. The van der Waals surface area contributed by atoms with Crippen LogP contribution in [0.5, 0.6) is 5.75 Å². The van der Waals surface area contributed by atoms with E-state index >= 15 is 0 Å². The van der Waals surface area contributed by atoms with Gasteiger partial charge < -0.3 is 15.6 Å². The van der Waals surface area contributed by atoms with Crippen molar-refractivity contribution in [3.63, 3.8) is 0 Å². The highest BCUT2D eigenvalue weighted by Crippen LogP contribution is 2.35. The Morgan fingerprint density at radius 2 is 1.90 bits per heavy atom. The van der Waals surface area contributed by atoms with E-state index in [9.17, 15) is 5.11 Å². The lowest BCUT2D eigenvalue weighted by molar-refractivity contribution is 0.147. The molecule has 0 aromatic heterocycles. The van der Waals surface area contributed by atoms with Crippen LogP contribution in [-0.2, 0) is 0 Å². The topological polar surface area (TPSA) is 55.5 Å². The predicted molar refractivity (Wildman–Crippen MR) is 91.6 cm³/mol. The SMILES string of the molecule is COc1ccc(C(O)C(CN)c2cccc(Br)c2)cc1Br. The lowest BCUT2D eigenvalue weighted by Crippen LogP contribution is -2.20. The summed E-state index contributed by atoms with van der Waals surface area (Å²) in [6.45, 7) is 0.362. The van der Waals surface area contributed by atoms with Gasteiger partial charge in [0.05, 0.1) is 17.7 Å². The highest BCUT2D eigenvalue weighted by Gasteiger charge is 2.22. The summed E-state index contributed by atoms with van der Waals surface area (Å²) in [6.07, 6.45) is -0.675. The van der Waals surface area contributed by atoms with Crippen LogP contribution in [-0.4, -0.2) is 18.8 Å². The Balaban J connectivity index is 2.32. The van der Waals surface area contributed by atoms with Crippen LogP contribution in [0.2, 0.25) is 0 Å². The zero-order valence-corrected chi connectivity index (χ0v) is 14.8. The van der Waals surface area contributed by atoms with Crippen LogP contribution in [0, 0.1) is 0 Å². The fraction of sp³-hybridized carbons (Fsp3) is 0.250. The summed E-state index contributed by atoms with van der Waals surface area (Å²) in [5.74, 6) is 0.570. The van der Waals surface area contributed by atoms with Gasteiger partial charge in [-0.05, 0) is 51.3 Å². The fourth-order valence-electron chi connectivity index (χ4n) is 2.28. The second-order valence-corrected chi connectivity index (χ2v) is 6.51. The molecule has 2 atom stereocenters. The summed E-state index contributed by atoms with van der Waals surface area (Å²) in [6, 6.07) is 13.4. The predicted octanol–water partition coefficient (Wildman–Crippen LogP) is 4.00. The molecular formula is C16H17Br2NO2. The van der Waals surface area contributed by atoms with Gasteiger partial charge in [-0.15, -0.1) is 0 Å². The molecule has 2 rings (SSSR count). The molecular weight excluding hydrogens is 398 g/mol. The van der Waals surface area contributed by atoms with E-state index in [1.165, 1.54) is 0 Å². The normalized spacial score (nSPS) is 13.8. The van der Waals surface area contributed by atoms with Crippen molar-refractivity contribution in [1.29, 1.82) is 0 Å². The third-order valence-electron chi connectivity index (χ3n) is 3.43. The number of ether oxygens (including phenoxy) is 1. The van der Waals surface area contributed by atoms with Gasteiger partial charge in [-0.3, -0.25) is 0 Å². The number of rotatable bonds is 5. The van der Waals surface area contributed by atoms with Gasteiger partial charge in [0.25, 0.3) is 0 Å². The van der Waals surface area contributed by atoms with Gasteiger partial charge in [0.2, 0.25) is 0 Å². The Morgan fingerprint density at radius 1 is 1.14 bits per heavy atom. The quantitative estimate of drug-likeness (QED) is 0.777. The van der Waals surface area contributed by atoms with Gasteiger partial charge in [-0.25, -0.2) is 0 Å². The molecule has 3 nitrogen and oxygen atoms in total. The van der Waals surface area contributed by atoms with E-state index in [1.54, 1.807) is 7.11 Å². The number of methoxy groups -OCH3 is 1. The number of aliphatic hydroxyl groups is 1. The van der Waals surface area contributed by atoms with Gasteiger partial charge in [-0.1, -0.05) is 34.1 Å². The Bertz CT molecular complexity index is 619.